The third-order valence-electron chi connectivity index (χ3n) is 3.03. The predicted molar refractivity (Wildman–Crippen MR) is 98.8 cm³/mol. The van der Waals surface area contributed by atoms with Gasteiger partial charge in [-0.2, -0.15) is 0 Å². The molecule has 0 aliphatic heterocycles. The number of unbranched alkanes of at least 4 members (excludes halogenated alkanes) is 1. The van der Waals surface area contributed by atoms with Crippen molar-refractivity contribution in [2.75, 3.05) is 45.7 Å². The van der Waals surface area contributed by atoms with Gasteiger partial charge in [-0.25, -0.2) is 4.57 Å². The maximum Gasteiger partial charge on any atom is 0.431 e. The normalized spacial score (nSPS) is 12.9. The van der Waals surface area contributed by atoms with Crippen molar-refractivity contribution in [2.24, 2.45) is 0 Å². The van der Waals surface area contributed by atoms with Crippen LogP contribution in [-0.4, -0.2) is 50.6 Å². The zero-order valence-electron chi connectivity index (χ0n) is 16.3. The molecule has 0 aliphatic rings. The SMILES string of the molecule is CCCCON(CCCP(=O)(OCC)OCC)P(=O)(OCC)OCC. The van der Waals surface area contributed by atoms with Gasteiger partial charge in [0.1, 0.15) is 0 Å². The van der Waals surface area contributed by atoms with Gasteiger partial charge in [0.15, 0.2) is 0 Å². The molecule has 0 heterocycles. The Morgan fingerprint density at radius 2 is 1.28 bits per heavy atom. The van der Waals surface area contributed by atoms with E-state index in [1.807, 2.05) is 6.92 Å². The maximum absolute atomic E-state index is 12.9. The molecule has 0 fully saturated rings. The van der Waals surface area contributed by atoms with Crippen LogP contribution in [-0.2, 0) is 32.1 Å². The molecule has 0 unspecified atom stereocenters. The molecule has 152 valence electrons. The molecule has 0 saturated heterocycles. The van der Waals surface area contributed by atoms with Gasteiger partial charge in [-0.3, -0.25) is 18.5 Å². The molecule has 0 aliphatic carbocycles. The first-order chi connectivity index (χ1) is 11.9. The van der Waals surface area contributed by atoms with E-state index in [2.05, 4.69) is 0 Å². The summed E-state index contributed by atoms with van der Waals surface area (Å²) in [5.74, 6) is 0. The quantitative estimate of drug-likeness (QED) is 0.193. The highest BCUT2D eigenvalue weighted by Crippen LogP contribution is 2.53. The van der Waals surface area contributed by atoms with Gasteiger partial charge < -0.3 is 9.05 Å². The third kappa shape index (κ3) is 10.2. The lowest BCUT2D eigenvalue weighted by molar-refractivity contribution is -0.111. The lowest BCUT2D eigenvalue weighted by Crippen LogP contribution is -2.26. The molecular weight excluding hydrogens is 368 g/mol. The Morgan fingerprint density at radius 3 is 1.72 bits per heavy atom. The van der Waals surface area contributed by atoms with Crippen LogP contribution >= 0.6 is 15.3 Å². The van der Waals surface area contributed by atoms with Crippen molar-refractivity contribution in [3.8, 4) is 0 Å². The number of hydrogen-bond acceptors (Lipinski definition) is 7. The zero-order chi connectivity index (χ0) is 19.2. The summed E-state index contributed by atoms with van der Waals surface area (Å²) in [6.45, 7) is 10.8. The molecule has 8 nitrogen and oxygen atoms in total. The minimum absolute atomic E-state index is 0.209. The second-order valence-corrected chi connectivity index (χ2v) is 9.18. The predicted octanol–water partition coefficient (Wildman–Crippen LogP) is 4.86. The second kappa shape index (κ2) is 14.3. The van der Waals surface area contributed by atoms with Gasteiger partial charge in [0.05, 0.1) is 39.2 Å². The van der Waals surface area contributed by atoms with Crippen LogP contribution in [0.4, 0.5) is 0 Å². The van der Waals surface area contributed by atoms with Crippen molar-refractivity contribution < 1.29 is 32.1 Å². The molecule has 0 amide bonds. The minimum atomic E-state index is -3.54. The molecular formula is C15H35NO7P2. The average molecular weight is 403 g/mol. The smallest absolute Gasteiger partial charge is 0.309 e. The summed E-state index contributed by atoms with van der Waals surface area (Å²) in [6, 6.07) is 0. The van der Waals surface area contributed by atoms with Crippen molar-refractivity contribution in [2.45, 2.75) is 53.9 Å². The van der Waals surface area contributed by atoms with E-state index in [-0.39, 0.29) is 25.9 Å². The first-order valence-electron chi connectivity index (χ1n) is 9.09. The van der Waals surface area contributed by atoms with Gasteiger partial charge in [0, 0.05) is 6.54 Å². The van der Waals surface area contributed by atoms with Gasteiger partial charge >= 0.3 is 15.3 Å². The molecule has 0 spiro atoms. The van der Waals surface area contributed by atoms with Crippen LogP contribution < -0.4 is 0 Å². The van der Waals surface area contributed by atoms with Crippen molar-refractivity contribution >= 4 is 15.3 Å². The fraction of sp³-hybridized carbons (Fsp3) is 1.00. The van der Waals surface area contributed by atoms with Crippen LogP contribution in [0.2, 0.25) is 0 Å². The summed E-state index contributed by atoms with van der Waals surface area (Å²) < 4.78 is 46.7. The Kier molecular flexibility index (Phi) is 14.4. The summed E-state index contributed by atoms with van der Waals surface area (Å²) in [6.07, 6.45) is 2.39. The molecule has 0 radical (unpaired) electrons. The monoisotopic (exact) mass is 403 g/mol. The van der Waals surface area contributed by atoms with Crippen LogP contribution in [0.15, 0.2) is 0 Å². The van der Waals surface area contributed by atoms with Gasteiger partial charge in [0.25, 0.3) is 0 Å². The van der Waals surface area contributed by atoms with Crippen LogP contribution in [0.1, 0.15) is 53.9 Å². The summed E-state index contributed by atoms with van der Waals surface area (Å²) >= 11 is 0. The maximum atomic E-state index is 12.9. The first-order valence-corrected chi connectivity index (χ1v) is 12.3. The molecule has 0 N–H and O–H groups in total. The fourth-order valence-electron chi connectivity index (χ4n) is 2.02. The van der Waals surface area contributed by atoms with E-state index in [1.165, 1.54) is 4.83 Å². The molecule has 0 aromatic heterocycles. The molecule has 0 saturated carbocycles. The fourth-order valence-corrected chi connectivity index (χ4v) is 5.27. The van der Waals surface area contributed by atoms with Crippen molar-refractivity contribution in [1.82, 2.24) is 4.83 Å². The Hall–Kier alpha value is 0.220. The van der Waals surface area contributed by atoms with Crippen molar-refractivity contribution in [3.05, 3.63) is 0 Å². The number of hydrogen-bond donors (Lipinski definition) is 0. The first kappa shape index (κ1) is 25.2. The zero-order valence-corrected chi connectivity index (χ0v) is 18.1. The van der Waals surface area contributed by atoms with Gasteiger partial charge in [-0.1, -0.05) is 18.2 Å². The van der Waals surface area contributed by atoms with Crippen LogP contribution in [0.3, 0.4) is 0 Å². The second-order valence-electron chi connectivity index (χ2n) is 5.09. The Balaban J connectivity index is 4.92. The molecule has 25 heavy (non-hydrogen) atoms. The lowest BCUT2D eigenvalue weighted by atomic mass is 10.4. The molecule has 10 heteroatoms. The molecule has 0 aromatic carbocycles. The van der Waals surface area contributed by atoms with E-state index in [0.717, 1.165) is 12.8 Å². The Bertz CT molecular complexity index is 403. The van der Waals surface area contributed by atoms with Crippen LogP contribution in [0.5, 0.6) is 0 Å². The summed E-state index contributed by atoms with van der Waals surface area (Å²) in [4.78, 5) is 6.90. The highest BCUT2D eigenvalue weighted by Gasteiger charge is 2.35. The lowest BCUT2D eigenvalue weighted by Gasteiger charge is -2.29. The van der Waals surface area contributed by atoms with E-state index in [0.29, 0.717) is 26.2 Å². The summed E-state index contributed by atoms with van der Waals surface area (Å²) in [7, 11) is -6.69. The minimum Gasteiger partial charge on any atom is -0.309 e. The van der Waals surface area contributed by atoms with Crippen molar-refractivity contribution in [3.63, 3.8) is 0 Å². The summed E-state index contributed by atoms with van der Waals surface area (Å²) in [5.41, 5.74) is 0. The van der Waals surface area contributed by atoms with E-state index >= 15 is 0 Å². The molecule has 0 atom stereocenters. The Labute approximate surface area is 152 Å². The van der Waals surface area contributed by atoms with Crippen LogP contribution in [0, 0.1) is 0 Å². The number of rotatable bonds is 17. The van der Waals surface area contributed by atoms with Gasteiger partial charge in [-0.15, -0.1) is 0 Å². The Morgan fingerprint density at radius 1 is 0.760 bits per heavy atom. The topological polar surface area (TPSA) is 83.5 Å². The third-order valence-corrected chi connectivity index (χ3v) is 7.23. The number of nitrogens with zero attached hydrogens (tertiary/aromatic N) is 1. The highest BCUT2D eigenvalue weighted by molar-refractivity contribution is 7.53. The van der Waals surface area contributed by atoms with E-state index in [9.17, 15) is 9.13 Å². The van der Waals surface area contributed by atoms with Crippen LogP contribution in [0.25, 0.3) is 0 Å². The van der Waals surface area contributed by atoms with E-state index in [1.54, 1.807) is 27.7 Å². The molecule has 0 aromatic rings. The highest BCUT2D eigenvalue weighted by atomic mass is 31.2. The standard InChI is InChI=1S/C15H35NO7P2/c1-6-11-14-19-16(25(18,22-9-4)23-10-5)13-12-15-24(17,20-7-2)21-8-3/h6-15H2,1-5H3. The van der Waals surface area contributed by atoms with Gasteiger partial charge in [0.2, 0.25) is 0 Å². The van der Waals surface area contributed by atoms with E-state index in [4.69, 9.17) is 22.9 Å². The molecule has 0 bridgehead atoms. The van der Waals surface area contributed by atoms with Gasteiger partial charge in [-0.05, 0) is 40.5 Å². The van der Waals surface area contributed by atoms with E-state index < -0.39 is 15.3 Å². The average Bonchev–Trinajstić information content (AvgIpc) is 2.54. The number of hydroxylamine groups is 1. The van der Waals surface area contributed by atoms with Crippen molar-refractivity contribution in [1.29, 1.82) is 0 Å². The summed E-state index contributed by atoms with van der Waals surface area (Å²) in [5, 5.41) is 0. The largest absolute Gasteiger partial charge is 0.431 e. The molecule has 0 rings (SSSR count).